The number of aliphatic hydroxyl groups excluding tert-OH is 4. The number of alkyl carbamates (subject to hydrolysis) is 1. The Kier molecular flexibility index (Phi) is 43.1. The molecule has 0 aromatic heterocycles. The van der Waals surface area contributed by atoms with Crippen molar-refractivity contribution in [2.45, 2.75) is 256 Å². The molecule has 2 unspecified atom stereocenters. The predicted molar refractivity (Wildman–Crippen MR) is 272 cm³/mol. The molecular formula is C52H98NO18P. The summed E-state index contributed by atoms with van der Waals surface area (Å²) < 4.78 is 53.5. The number of amides is 1. The minimum atomic E-state index is -4.71. The number of hydrogen-bond donors (Lipinski definition) is 6. The highest BCUT2D eigenvalue weighted by molar-refractivity contribution is 7.47. The lowest BCUT2D eigenvalue weighted by molar-refractivity contribution is -0.287. The van der Waals surface area contributed by atoms with Crippen LogP contribution in [0.3, 0.4) is 0 Å². The van der Waals surface area contributed by atoms with Crippen LogP contribution in [-0.4, -0.2) is 139 Å². The fourth-order valence-electron chi connectivity index (χ4n) is 8.11. The fraction of sp³-hybridized carbons (Fsp3) is 0.923. The van der Waals surface area contributed by atoms with Crippen molar-refractivity contribution in [3.8, 4) is 0 Å². The highest BCUT2D eigenvalue weighted by Crippen LogP contribution is 2.43. The molecule has 0 saturated carbocycles. The van der Waals surface area contributed by atoms with Crippen LogP contribution in [0.2, 0.25) is 0 Å². The van der Waals surface area contributed by atoms with Gasteiger partial charge in [-0.1, -0.05) is 194 Å². The first kappa shape index (κ1) is 67.6. The molecule has 424 valence electrons. The molecule has 1 fully saturated rings. The molecule has 1 amide bonds. The van der Waals surface area contributed by atoms with Gasteiger partial charge in [0.05, 0.1) is 19.8 Å². The Balaban J connectivity index is 2.37. The standard InChI is InChI=1S/C52H98NO18P/c1-3-5-7-9-11-13-15-17-19-21-23-25-27-29-31-33-45(54)66-39-43(70-46(55)34-32-30-28-26-24-22-20-18-16-14-12-10-8-6-4-2)40-69-72(62,63)68-36-35-53-52(61)65-38-37-64-42-47(56)67-41-44-48(57)49(58)50(59)51(60)71-44/h43-44,48-51,57-60H,3-42H2,1-2H3,(H,53,61)(H,62,63)/t43?,44-,48-,49+,50+,51-/m1/s1. The molecule has 1 rings (SSSR count). The third kappa shape index (κ3) is 39.0. The van der Waals surface area contributed by atoms with Crippen molar-refractivity contribution in [1.29, 1.82) is 0 Å². The van der Waals surface area contributed by atoms with Gasteiger partial charge in [0.25, 0.3) is 0 Å². The number of carbonyl (C=O) groups is 4. The lowest BCUT2D eigenvalue weighted by Gasteiger charge is -2.37. The summed E-state index contributed by atoms with van der Waals surface area (Å²) in [6.45, 7) is 1.20. The smallest absolute Gasteiger partial charge is 0.462 e. The van der Waals surface area contributed by atoms with Gasteiger partial charge in [-0.3, -0.25) is 18.6 Å². The molecule has 0 aromatic rings. The number of rotatable bonds is 49. The molecule has 0 spiro atoms. The van der Waals surface area contributed by atoms with Crippen LogP contribution in [0.15, 0.2) is 0 Å². The van der Waals surface area contributed by atoms with Gasteiger partial charge in [0.1, 0.15) is 50.8 Å². The van der Waals surface area contributed by atoms with Crippen LogP contribution in [0.4, 0.5) is 4.79 Å². The summed E-state index contributed by atoms with van der Waals surface area (Å²) in [5.74, 6) is -1.88. The van der Waals surface area contributed by atoms with Gasteiger partial charge < -0.3 is 59.1 Å². The lowest BCUT2D eigenvalue weighted by Crippen LogP contribution is -2.58. The Labute approximate surface area is 431 Å². The van der Waals surface area contributed by atoms with Crippen LogP contribution < -0.4 is 5.32 Å². The Morgan fingerprint density at radius 3 is 1.46 bits per heavy atom. The summed E-state index contributed by atoms with van der Waals surface area (Å²) in [7, 11) is -4.71. The van der Waals surface area contributed by atoms with Crippen molar-refractivity contribution in [2.24, 2.45) is 0 Å². The molecular weight excluding hydrogens is 958 g/mol. The van der Waals surface area contributed by atoms with Crippen LogP contribution in [0, 0.1) is 0 Å². The van der Waals surface area contributed by atoms with E-state index in [9.17, 15) is 49.1 Å². The summed E-state index contributed by atoms with van der Waals surface area (Å²) >= 11 is 0. The number of carbonyl (C=O) groups excluding carboxylic acids is 4. The summed E-state index contributed by atoms with van der Waals surface area (Å²) in [4.78, 5) is 59.7. The number of esters is 3. The Morgan fingerprint density at radius 1 is 0.514 bits per heavy atom. The first-order valence-corrected chi connectivity index (χ1v) is 29.3. The van der Waals surface area contributed by atoms with Gasteiger partial charge in [-0.2, -0.15) is 0 Å². The Hall–Kier alpha value is -2.45. The monoisotopic (exact) mass is 1060 g/mol. The average Bonchev–Trinajstić information content (AvgIpc) is 3.36. The maximum Gasteiger partial charge on any atom is 0.472 e. The van der Waals surface area contributed by atoms with Crippen LogP contribution in [0.1, 0.15) is 219 Å². The van der Waals surface area contributed by atoms with E-state index >= 15 is 0 Å². The fourth-order valence-corrected chi connectivity index (χ4v) is 8.87. The number of phosphoric acid groups is 1. The van der Waals surface area contributed by atoms with Gasteiger partial charge in [0, 0.05) is 19.4 Å². The van der Waals surface area contributed by atoms with E-state index in [1.54, 1.807) is 0 Å². The first-order chi connectivity index (χ1) is 34.8. The number of nitrogens with one attached hydrogen (secondary N) is 1. The molecule has 19 nitrogen and oxygen atoms in total. The van der Waals surface area contributed by atoms with Crippen LogP contribution in [-0.2, 0) is 56.4 Å². The highest BCUT2D eigenvalue weighted by Gasteiger charge is 2.43. The van der Waals surface area contributed by atoms with Crippen molar-refractivity contribution in [1.82, 2.24) is 5.32 Å². The SMILES string of the molecule is CCCCCCCCCCCCCCCCCC(=O)OCC(COP(=O)(O)OCCNC(=O)OCCOCC(=O)OC[C@H]1O[C@@H](O)[C@@H](O)[C@@H](O)[C@@H]1O)OC(=O)CCCCCCCCCCCCCCCCC. The number of ether oxygens (including phenoxy) is 6. The van der Waals surface area contributed by atoms with Crippen LogP contribution >= 0.6 is 7.82 Å². The second-order valence-corrected chi connectivity index (χ2v) is 20.6. The molecule has 0 aromatic carbocycles. The summed E-state index contributed by atoms with van der Waals surface area (Å²) in [5, 5.41) is 41.0. The van der Waals surface area contributed by atoms with E-state index in [0.717, 1.165) is 38.5 Å². The van der Waals surface area contributed by atoms with E-state index in [0.29, 0.717) is 12.8 Å². The average molecular weight is 1060 g/mol. The topological polar surface area (TPSA) is 272 Å². The molecule has 1 aliphatic heterocycles. The zero-order chi connectivity index (χ0) is 52.9. The summed E-state index contributed by atoms with van der Waals surface area (Å²) in [6, 6.07) is 0. The zero-order valence-corrected chi connectivity index (χ0v) is 45.1. The first-order valence-electron chi connectivity index (χ1n) is 27.8. The van der Waals surface area contributed by atoms with Crippen molar-refractivity contribution in [3.63, 3.8) is 0 Å². The summed E-state index contributed by atoms with van der Waals surface area (Å²) in [6.07, 6.45) is 26.1. The number of aliphatic hydroxyl groups is 4. The quantitative estimate of drug-likeness (QED) is 0.0143. The van der Waals surface area contributed by atoms with Crippen molar-refractivity contribution >= 4 is 31.8 Å². The van der Waals surface area contributed by atoms with Crippen molar-refractivity contribution in [3.05, 3.63) is 0 Å². The summed E-state index contributed by atoms with van der Waals surface area (Å²) in [5.41, 5.74) is 0. The van der Waals surface area contributed by atoms with Gasteiger partial charge in [-0.25, -0.2) is 14.2 Å². The van der Waals surface area contributed by atoms with Crippen LogP contribution in [0.5, 0.6) is 0 Å². The third-order valence-electron chi connectivity index (χ3n) is 12.5. The minimum absolute atomic E-state index is 0.142. The van der Waals surface area contributed by atoms with Crippen molar-refractivity contribution in [2.75, 3.05) is 52.8 Å². The second-order valence-electron chi connectivity index (χ2n) is 19.1. The molecule has 7 atom stereocenters. The molecule has 1 aliphatic rings. The van der Waals surface area contributed by atoms with Crippen LogP contribution in [0.25, 0.3) is 0 Å². The maximum absolute atomic E-state index is 12.8. The van der Waals surface area contributed by atoms with Gasteiger partial charge in [0.15, 0.2) is 12.4 Å². The molecule has 6 N–H and O–H groups in total. The number of hydrogen-bond acceptors (Lipinski definition) is 17. The molecule has 72 heavy (non-hydrogen) atoms. The predicted octanol–water partition coefficient (Wildman–Crippen LogP) is 9.18. The van der Waals surface area contributed by atoms with E-state index in [-0.39, 0.29) is 39.2 Å². The van der Waals surface area contributed by atoms with Gasteiger partial charge in [-0.05, 0) is 12.8 Å². The second kappa shape index (κ2) is 45.9. The number of unbranched alkanes of at least 4 members (excludes halogenated alkanes) is 28. The molecule has 1 saturated heterocycles. The minimum Gasteiger partial charge on any atom is -0.462 e. The highest BCUT2D eigenvalue weighted by atomic mass is 31.2. The Morgan fingerprint density at radius 2 is 0.972 bits per heavy atom. The van der Waals surface area contributed by atoms with E-state index in [4.69, 9.17) is 37.5 Å². The molecule has 20 heteroatoms. The van der Waals surface area contributed by atoms with Gasteiger partial charge in [-0.15, -0.1) is 0 Å². The molecule has 0 bridgehead atoms. The zero-order valence-electron chi connectivity index (χ0n) is 44.2. The van der Waals surface area contributed by atoms with E-state index in [1.807, 2.05) is 0 Å². The van der Waals surface area contributed by atoms with Gasteiger partial charge in [0.2, 0.25) is 0 Å². The molecule has 0 radical (unpaired) electrons. The van der Waals surface area contributed by atoms with E-state index in [1.165, 1.54) is 141 Å². The Bertz CT molecular complexity index is 1400. The van der Waals surface area contributed by atoms with Crippen molar-refractivity contribution < 1.29 is 86.5 Å². The lowest BCUT2D eigenvalue weighted by atomic mass is 9.99. The van der Waals surface area contributed by atoms with E-state index < -0.39 is 95.1 Å². The maximum atomic E-state index is 12.8. The number of phosphoric ester groups is 1. The largest absolute Gasteiger partial charge is 0.472 e. The van der Waals surface area contributed by atoms with E-state index in [2.05, 4.69) is 19.2 Å². The molecule has 0 aliphatic carbocycles. The molecule has 1 heterocycles. The normalized spacial score (nSPS) is 19.1. The van der Waals surface area contributed by atoms with Gasteiger partial charge >= 0.3 is 31.8 Å². The third-order valence-corrected chi connectivity index (χ3v) is 13.5.